The van der Waals surface area contributed by atoms with E-state index in [1.165, 1.54) is 10.4 Å². The van der Waals surface area contributed by atoms with Gasteiger partial charge in [0.05, 0.1) is 23.7 Å². The number of rotatable bonds is 4. The molecule has 0 aromatic carbocycles. The molecule has 1 atom stereocenters. The summed E-state index contributed by atoms with van der Waals surface area (Å²) >= 11 is 1.65. The molecule has 4 heterocycles. The Balaban J connectivity index is 1.85. The number of ether oxygens (including phenoxy) is 1. The van der Waals surface area contributed by atoms with Crippen LogP contribution in [0.3, 0.4) is 0 Å². The third-order valence-corrected chi connectivity index (χ3v) is 5.51. The molecule has 3 aromatic rings. The van der Waals surface area contributed by atoms with Crippen molar-refractivity contribution in [1.29, 1.82) is 0 Å². The molecule has 24 heavy (non-hydrogen) atoms. The van der Waals surface area contributed by atoms with E-state index in [0.29, 0.717) is 25.5 Å². The lowest BCUT2D eigenvalue weighted by molar-refractivity contribution is -0.0379. The summed E-state index contributed by atoms with van der Waals surface area (Å²) in [6.07, 6.45) is 2.67. The van der Waals surface area contributed by atoms with Crippen molar-refractivity contribution in [2.24, 2.45) is 0 Å². The van der Waals surface area contributed by atoms with Crippen molar-refractivity contribution in [3.8, 4) is 0 Å². The van der Waals surface area contributed by atoms with Gasteiger partial charge in [0.1, 0.15) is 11.2 Å². The topological polar surface area (TPSA) is 84.6 Å². The van der Waals surface area contributed by atoms with Gasteiger partial charge < -0.3 is 15.2 Å². The first kappa shape index (κ1) is 15.7. The highest BCUT2D eigenvalue weighted by molar-refractivity contribution is 7.19. The standard InChI is InChI=1S/C16H21N5O2S/c1-4-9(22)6-17-15-20-14-12(13-18-8-19-21(13)15)10-5-16(2,3)23-7-11(10)24-14/h8-9,22H,4-7H2,1-3H3,(H,17,20). The van der Waals surface area contributed by atoms with E-state index < -0.39 is 6.10 Å². The van der Waals surface area contributed by atoms with Crippen LogP contribution in [-0.2, 0) is 17.8 Å². The van der Waals surface area contributed by atoms with Crippen molar-refractivity contribution in [1.82, 2.24) is 19.6 Å². The number of anilines is 1. The van der Waals surface area contributed by atoms with E-state index in [-0.39, 0.29) is 5.60 Å². The average Bonchev–Trinajstić information content (AvgIpc) is 3.15. The number of nitrogens with zero attached hydrogens (tertiary/aromatic N) is 4. The second-order valence-corrected chi connectivity index (χ2v) is 7.87. The maximum Gasteiger partial charge on any atom is 0.227 e. The van der Waals surface area contributed by atoms with Gasteiger partial charge >= 0.3 is 0 Å². The summed E-state index contributed by atoms with van der Waals surface area (Å²) in [5.41, 5.74) is 1.90. The number of aromatic nitrogens is 4. The van der Waals surface area contributed by atoms with Crippen molar-refractivity contribution < 1.29 is 9.84 Å². The lowest BCUT2D eigenvalue weighted by atomic mass is 9.94. The third kappa shape index (κ3) is 2.54. The van der Waals surface area contributed by atoms with E-state index in [2.05, 4.69) is 29.2 Å². The molecule has 0 saturated heterocycles. The van der Waals surface area contributed by atoms with Crippen molar-refractivity contribution in [3.05, 3.63) is 16.8 Å². The molecule has 2 N–H and O–H groups in total. The van der Waals surface area contributed by atoms with Crippen LogP contribution in [-0.4, -0.2) is 42.9 Å². The molecule has 0 amide bonds. The fourth-order valence-electron chi connectivity index (χ4n) is 3.03. The summed E-state index contributed by atoms with van der Waals surface area (Å²) in [7, 11) is 0. The summed E-state index contributed by atoms with van der Waals surface area (Å²) in [6, 6.07) is 0. The maximum atomic E-state index is 9.80. The highest BCUT2D eigenvalue weighted by Gasteiger charge is 2.31. The first-order chi connectivity index (χ1) is 11.5. The normalized spacial score (nSPS) is 18.0. The van der Waals surface area contributed by atoms with E-state index in [1.54, 1.807) is 22.2 Å². The number of hydrogen-bond acceptors (Lipinski definition) is 7. The van der Waals surface area contributed by atoms with Gasteiger partial charge in [-0.2, -0.15) is 9.61 Å². The summed E-state index contributed by atoms with van der Waals surface area (Å²) in [5.74, 6) is 0.612. The van der Waals surface area contributed by atoms with Gasteiger partial charge in [0.25, 0.3) is 0 Å². The highest BCUT2D eigenvalue weighted by atomic mass is 32.1. The Morgan fingerprint density at radius 1 is 1.50 bits per heavy atom. The highest BCUT2D eigenvalue weighted by Crippen LogP contribution is 2.40. The lowest BCUT2D eigenvalue weighted by Gasteiger charge is -2.30. The second-order valence-electron chi connectivity index (χ2n) is 6.78. The van der Waals surface area contributed by atoms with Crippen molar-refractivity contribution >= 4 is 33.1 Å². The molecule has 1 unspecified atom stereocenters. The monoisotopic (exact) mass is 347 g/mol. The van der Waals surface area contributed by atoms with E-state index in [1.807, 2.05) is 6.92 Å². The van der Waals surface area contributed by atoms with Gasteiger partial charge in [0.15, 0.2) is 5.65 Å². The Labute approximate surface area is 143 Å². The Bertz CT molecular complexity index is 901. The van der Waals surface area contributed by atoms with Crippen molar-refractivity contribution in [3.63, 3.8) is 0 Å². The molecule has 0 fully saturated rings. The average molecular weight is 347 g/mol. The minimum Gasteiger partial charge on any atom is -0.391 e. The van der Waals surface area contributed by atoms with Crippen LogP contribution in [0.15, 0.2) is 6.33 Å². The number of thiophene rings is 1. The van der Waals surface area contributed by atoms with E-state index in [4.69, 9.17) is 9.72 Å². The molecule has 8 heteroatoms. The van der Waals surface area contributed by atoms with E-state index in [0.717, 1.165) is 22.3 Å². The second kappa shape index (κ2) is 5.65. The zero-order valence-electron chi connectivity index (χ0n) is 14.0. The van der Waals surface area contributed by atoms with Crippen LogP contribution in [0.2, 0.25) is 0 Å². The fourth-order valence-corrected chi connectivity index (χ4v) is 4.12. The van der Waals surface area contributed by atoms with Gasteiger partial charge in [0.2, 0.25) is 5.95 Å². The molecule has 0 saturated carbocycles. The Morgan fingerprint density at radius 3 is 3.12 bits per heavy atom. The molecule has 128 valence electrons. The van der Waals surface area contributed by atoms with Gasteiger partial charge in [-0.05, 0) is 25.8 Å². The van der Waals surface area contributed by atoms with Crippen LogP contribution < -0.4 is 5.32 Å². The van der Waals surface area contributed by atoms with Crippen LogP contribution in [0.1, 0.15) is 37.6 Å². The van der Waals surface area contributed by atoms with Gasteiger partial charge in [0, 0.05) is 17.8 Å². The minimum atomic E-state index is -0.410. The first-order valence-electron chi connectivity index (χ1n) is 8.18. The van der Waals surface area contributed by atoms with Crippen molar-refractivity contribution in [2.75, 3.05) is 11.9 Å². The number of nitrogens with one attached hydrogen (secondary N) is 1. The van der Waals surface area contributed by atoms with Crippen LogP contribution in [0.4, 0.5) is 5.95 Å². The third-order valence-electron chi connectivity index (χ3n) is 4.42. The molecule has 7 nitrogen and oxygen atoms in total. The number of aliphatic hydroxyl groups excluding tert-OH is 1. The molecule has 0 aliphatic carbocycles. The number of fused-ring (bicyclic) bond motifs is 5. The van der Waals surface area contributed by atoms with Crippen LogP contribution >= 0.6 is 11.3 Å². The molecule has 1 aliphatic heterocycles. The molecule has 4 rings (SSSR count). The largest absolute Gasteiger partial charge is 0.391 e. The molecule has 0 spiro atoms. The predicted molar refractivity (Wildman–Crippen MR) is 93.5 cm³/mol. The smallest absolute Gasteiger partial charge is 0.227 e. The van der Waals surface area contributed by atoms with E-state index >= 15 is 0 Å². The van der Waals surface area contributed by atoms with Crippen molar-refractivity contribution in [2.45, 2.75) is 51.9 Å². The molecular weight excluding hydrogens is 326 g/mol. The minimum absolute atomic E-state index is 0.180. The summed E-state index contributed by atoms with van der Waals surface area (Å²) in [6.45, 7) is 7.21. The maximum absolute atomic E-state index is 9.80. The summed E-state index contributed by atoms with van der Waals surface area (Å²) < 4.78 is 7.65. The van der Waals surface area contributed by atoms with Crippen LogP contribution in [0.25, 0.3) is 15.9 Å². The zero-order chi connectivity index (χ0) is 16.9. The molecule has 1 aliphatic rings. The quantitative estimate of drug-likeness (QED) is 0.754. The Morgan fingerprint density at radius 2 is 2.33 bits per heavy atom. The van der Waals surface area contributed by atoms with Crippen LogP contribution in [0.5, 0.6) is 0 Å². The SMILES string of the molecule is CCC(O)CNc1nc2sc3c(c2c2ncnn12)CC(C)(C)OC3. The van der Waals surface area contributed by atoms with E-state index in [9.17, 15) is 5.11 Å². The lowest BCUT2D eigenvalue weighted by Crippen LogP contribution is -2.31. The summed E-state index contributed by atoms with van der Waals surface area (Å²) in [4.78, 5) is 11.3. The first-order valence-corrected chi connectivity index (χ1v) is 9.00. The summed E-state index contributed by atoms with van der Waals surface area (Å²) in [5, 5.41) is 18.4. The van der Waals surface area contributed by atoms with Gasteiger partial charge in [-0.15, -0.1) is 11.3 Å². The van der Waals surface area contributed by atoms with Gasteiger partial charge in [-0.25, -0.2) is 9.97 Å². The number of aliphatic hydroxyl groups is 1. The Kier molecular flexibility index (Phi) is 3.70. The zero-order valence-corrected chi connectivity index (χ0v) is 14.9. The van der Waals surface area contributed by atoms with Gasteiger partial charge in [-0.3, -0.25) is 0 Å². The molecule has 0 bridgehead atoms. The van der Waals surface area contributed by atoms with Crippen LogP contribution in [0, 0.1) is 0 Å². The Hall–Kier alpha value is -1.77. The molecule has 0 radical (unpaired) electrons. The molecular formula is C16H21N5O2S. The fraction of sp³-hybridized carbons (Fsp3) is 0.562. The molecule has 3 aromatic heterocycles. The number of hydrogen-bond donors (Lipinski definition) is 2. The predicted octanol–water partition coefficient (Wildman–Crippen LogP) is 2.37. The van der Waals surface area contributed by atoms with Gasteiger partial charge in [-0.1, -0.05) is 6.92 Å².